The molecule has 4 rings (SSSR count). The summed E-state index contributed by atoms with van der Waals surface area (Å²) in [6.07, 6.45) is 5.79. The molecule has 3 fully saturated rings. The zero-order chi connectivity index (χ0) is 17.2. The Hall–Kier alpha value is -1.04. The van der Waals surface area contributed by atoms with Gasteiger partial charge in [-0.05, 0) is 61.6 Å². The fraction of sp³-hybridized carbons (Fsp3) is 0.650. The molecule has 0 radical (unpaired) electrons. The van der Waals surface area contributed by atoms with Gasteiger partial charge in [-0.3, -0.25) is 4.79 Å². The van der Waals surface area contributed by atoms with Gasteiger partial charge in [0.1, 0.15) is 0 Å². The summed E-state index contributed by atoms with van der Waals surface area (Å²) in [5.41, 5.74) is 8.48. The van der Waals surface area contributed by atoms with Gasteiger partial charge in [0.2, 0.25) is 5.91 Å². The van der Waals surface area contributed by atoms with E-state index in [0.29, 0.717) is 17.1 Å². The van der Waals surface area contributed by atoms with Gasteiger partial charge >= 0.3 is 0 Å². The highest BCUT2D eigenvalue weighted by molar-refractivity contribution is 7.99. The highest BCUT2D eigenvalue weighted by Crippen LogP contribution is 2.47. The summed E-state index contributed by atoms with van der Waals surface area (Å²) < 4.78 is 5.42. The van der Waals surface area contributed by atoms with Crippen molar-refractivity contribution in [2.75, 3.05) is 18.5 Å². The predicted molar refractivity (Wildman–Crippen MR) is 103 cm³/mol. The molecule has 1 aliphatic heterocycles. The van der Waals surface area contributed by atoms with Crippen molar-refractivity contribution in [2.24, 2.45) is 23.5 Å². The Balaban J connectivity index is 1.34. The number of rotatable bonds is 5. The molecule has 4 atom stereocenters. The van der Waals surface area contributed by atoms with E-state index in [4.69, 9.17) is 10.5 Å². The van der Waals surface area contributed by atoms with E-state index in [-0.39, 0.29) is 17.9 Å². The Morgan fingerprint density at radius 2 is 2.00 bits per heavy atom. The van der Waals surface area contributed by atoms with Crippen LogP contribution in [0.3, 0.4) is 0 Å². The lowest BCUT2D eigenvalue weighted by Crippen LogP contribution is -2.42. The molecule has 3 aliphatic rings. The van der Waals surface area contributed by atoms with Crippen molar-refractivity contribution in [3.05, 3.63) is 29.8 Å². The second kappa shape index (κ2) is 7.68. The Kier molecular flexibility index (Phi) is 5.34. The van der Waals surface area contributed by atoms with Gasteiger partial charge in [0.05, 0.1) is 5.92 Å². The Morgan fingerprint density at radius 1 is 1.20 bits per heavy atom. The third-order valence-corrected chi connectivity index (χ3v) is 7.57. The lowest BCUT2D eigenvalue weighted by molar-refractivity contribution is -0.121. The first-order valence-electron chi connectivity index (χ1n) is 9.55. The van der Waals surface area contributed by atoms with Crippen LogP contribution in [-0.4, -0.2) is 30.4 Å². The number of nitrogens with two attached hydrogens (primary N) is 1. The minimum atomic E-state index is -0.000907. The molecule has 0 aromatic heterocycles. The smallest absolute Gasteiger partial charge is 0.229 e. The van der Waals surface area contributed by atoms with Crippen LogP contribution >= 0.6 is 11.8 Å². The van der Waals surface area contributed by atoms with Crippen molar-refractivity contribution < 1.29 is 9.53 Å². The number of anilines is 1. The van der Waals surface area contributed by atoms with E-state index in [0.717, 1.165) is 50.3 Å². The van der Waals surface area contributed by atoms with Gasteiger partial charge in [-0.1, -0.05) is 12.1 Å². The van der Waals surface area contributed by atoms with E-state index in [1.165, 1.54) is 12.0 Å². The topological polar surface area (TPSA) is 64.4 Å². The van der Waals surface area contributed by atoms with E-state index in [1.807, 2.05) is 23.9 Å². The van der Waals surface area contributed by atoms with E-state index in [2.05, 4.69) is 17.4 Å². The monoisotopic (exact) mass is 360 g/mol. The lowest BCUT2D eigenvalue weighted by Gasteiger charge is -2.27. The van der Waals surface area contributed by atoms with Crippen molar-refractivity contribution >= 4 is 23.4 Å². The number of hydrogen-bond donors (Lipinski definition) is 2. The Bertz CT molecular complexity index is 615. The number of amides is 1. The van der Waals surface area contributed by atoms with Crippen LogP contribution in [0.25, 0.3) is 0 Å². The number of carbonyl (C=O) groups is 1. The maximum absolute atomic E-state index is 12.7. The summed E-state index contributed by atoms with van der Waals surface area (Å²) in [6.45, 7) is 1.77. The van der Waals surface area contributed by atoms with Gasteiger partial charge in [-0.25, -0.2) is 0 Å². The Morgan fingerprint density at radius 3 is 2.76 bits per heavy atom. The van der Waals surface area contributed by atoms with Gasteiger partial charge in [0.15, 0.2) is 0 Å². The average Bonchev–Trinajstić information content (AvgIpc) is 3.22. The zero-order valence-corrected chi connectivity index (χ0v) is 15.5. The molecular weight excluding hydrogens is 332 g/mol. The first-order valence-corrected chi connectivity index (χ1v) is 10.6. The van der Waals surface area contributed by atoms with Crippen molar-refractivity contribution in [1.82, 2.24) is 0 Å². The number of ether oxygens (including phenoxy) is 1. The van der Waals surface area contributed by atoms with Crippen LogP contribution in [0.4, 0.5) is 5.69 Å². The van der Waals surface area contributed by atoms with Crippen LogP contribution in [0, 0.1) is 17.8 Å². The molecule has 2 bridgehead atoms. The molecule has 4 unspecified atom stereocenters. The number of fused-ring (bicyclic) bond motifs is 2. The van der Waals surface area contributed by atoms with E-state index in [9.17, 15) is 4.79 Å². The molecule has 1 amide bonds. The lowest BCUT2D eigenvalue weighted by atomic mass is 9.84. The highest BCUT2D eigenvalue weighted by Gasteiger charge is 2.49. The summed E-state index contributed by atoms with van der Waals surface area (Å²) >= 11 is 2.00. The van der Waals surface area contributed by atoms with Gasteiger partial charge in [-0.15, -0.1) is 0 Å². The highest BCUT2D eigenvalue weighted by atomic mass is 32.2. The summed E-state index contributed by atoms with van der Waals surface area (Å²) in [6, 6.07) is 8.33. The standard InChI is InChI=1S/C20H28N2O2S/c21-19-15-5-4-14(11-15)18(19)20(23)22-16-3-1-2-13(10-16)12-25-17-6-8-24-9-7-17/h1-3,10,14-15,17-19H,4-9,11-12,21H2,(H,22,23). The number of carbonyl (C=O) groups excluding carboxylic acids is 1. The second-order valence-electron chi connectivity index (χ2n) is 7.75. The SMILES string of the molecule is NC1C2CCC(C2)C1C(=O)Nc1cccc(CSC2CCOCC2)c1. The second-order valence-corrected chi connectivity index (χ2v) is 9.04. The predicted octanol–water partition coefficient (Wildman–Crippen LogP) is 3.41. The average molecular weight is 361 g/mol. The largest absolute Gasteiger partial charge is 0.381 e. The normalized spacial score (nSPS) is 32.0. The zero-order valence-electron chi connectivity index (χ0n) is 14.7. The number of benzene rings is 1. The van der Waals surface area contributed by atoms with Crippen LogP contribution in [0.2, 0.25) is 0 Å². The van der Waals surface area contributed by atoms with Crippen LogP contribution in [0.5, 0.6) is 0 Å². The minimum Gasteiger partial charge on any atom is -0.381 e. The van der Waals surface area contributed by atoms with E-state index in [1.54, 1.807) is 0 Å². The fourth-order valence-corrected chi connectivity index (χ4v) is 5.88. The third-order valence-electron chi connectivity index (χ3n) is 6.13. The van der Waals surface area contributed by atoms with E-state index >= 15 is 0 Å². The molecule has 3 N–H and O–H groups in total. The molecule has 0 spiro atoms. The molecule has 2 aliphatic carbocycles. The Labute approximate surface area is 154 Å². The van der Waals surface area contributed by atoms with E-state index < -0.39 is 0 Å². The number of hydrogen-bond acceptors (Lipinski definition) is 4. The summed E-state index contributed by atoms with van der Waals surface area (Å²) in [4.78, 5) is 12.7. The first kappa shape index (κ1) is 17.4. The summed E-state index contributed by atoms with van der Waals surface area (Å²) in [5, 5.41) is 3.82. The molecule has 25 heavy (non-hydrogen) atoms. The van der Waals surface area contributed by atoms with Crippen molar-refractivity contribution in [1.29, 1.82) is 0 Å². The summed E-state index contributed by atoms with van der Waals surface area (Å²) in [7, 11) is 0. The van der Waals surface area contributed by atoms with Crippen LogP contribution in [0.15, 0.2) is 24.3 Å². The van der Waals surface area contributed by atoms with Gasteiger partial charge in [0, 0.05) is 35.9 Å². The molecular formula is C20H28N2O2S. The first-order chi connectivity index (χ1) is 12.2. The molecule has 1 aromatic carbocycles. The van der Waals surface area contributed by atoms with Crippen molar-refractivity contribution in [2.45, 2.75) is 49.1 Å². The quantitative estimate of drug-likeness (QED) is 0.845. The maximum atomic E-state index is 12.7. The molecule has 2 saturated carbocycles. The van der Waals surface area contributed by atoms with Crippen molar-refractivity contribution in [3.63, 3.8) is 0 Å². The van der Waals surface area contributed by atoms with Gasteiger partial charge in [0.25, 0.3) is 0 Å². The number of nitrogens with one attached hydrogen (secondary N) is 1. The third kappa shape index (κ3) is 3.88. The van der Waals surface area contributed by atoms with Crippen LogP contribution in [-0.2, 0) is 15.3 Å². The van der Waals surface area contributed by atoms with Crippen LogP contribution in [0.1, 0.15) is 37.7 Å². The minimum absolute atomic E-state index is 0.000907. The molecule has 1 heterocycles. The molecule has 5 heteroatoms. The molecule has 4 nitrogen and oxygen atoms in total. The maximum Gasteiger partial charge on any atom is 0.229 e. The summed E-state index contributed by atoms with van der Waals surface area (Å²) in [5.74, 6) is 2.16. The van der Waals surface area contributed by atoms with Crippen LogP contribution < -0.4 is 11.1 Å². The van der Waals surface area contributed by atoms with Gasteiger partial charge < -0.3 is 15.8 Å². The fourth-order valence-electron chi connectivity index (χ4n) is 4.75. The number of thioether (sulfide) groups is 1. The molecule has 1 aromatic rings. The van der Waals surface area contributed by atoms with Crippen molar-refractivity contribution in [3.8, 4) is 0 Å². The van der Waals surface area contributed by atoms with Gasteiger partial charge in [-0.2, -0.15) is 11.8 Å². The molecule has 1 saturated heterocycles. The molecule has 136 valence electrons.